The summed E-state index contributed by atoms with van der Waals surface area (Å²) in [6.07, 6.45) is 13.3. The van der Waals surface area contributed by atoms with Crippen molar-refractivity contribution in [3.63, 3.8) is 0 Å². The van der Waals surface area contributed by atoms with Crippen molar-refractivity contribution in [3.05, 3.63) is 11.6 Å². The zero-order valence-corrected chi connectivity index (χ0v) is 16.4. The van der Waals surface area contributed by atoms with Crippen LogP contribution in [0.15, 0.2) is 11.6 Å². The third-order valence-corrected chi connectivity index (χ3v) is 9.12. The molecule has 0 bridgehead atoms. The number of rotatable bonds is 0. The van der Waals surface area contributed by atoms with Crippen molar-refractivity contribution in [2.24, 2.45) is 52.8 Å². The minimum absolute atomic E-state index is 0. The average Bonchev–Trinajstić information content (AvgIpc) is 3.55. The zero-order valence-electron chi connectivity index (χ0n) is 16.4. The number of ketones is 1. The second kappa shape index (κ2) is 6.75. The molecule has 9 atom stereocenters. The molecular formula is C25H37NO. The number of allylic oxidation sites excluding steroid dienone is 1. The Morgan fingerprint density at radius 3 is 2.48 bits per heavy atom. The fourth-order valence-corrected chi connectivity index (χ4v) is 7.84. The summed E-state index contributed by atoms with van der Waals surface area (Å²) in [6.45, 7) is 4.83. The summed E-state index contributed by atoms with van der Waals surface area (Å²) >= 11 is 0. The van der Waals surface area contributed by atoms with Gasteiger partial charge < -0.3 is 0 Å². The zero-order chi connectivity index (χ0) is 18.1. The average molecular weight is 368 g/mol. The van der Waals surface area contributed by atoms with E-state index in [1.165, 1.54) is 44.1 Å². The molecule has 6 aliphatic carbocycles. The molecular weight excluding hydrogens is 330 g/mol. The van der Waals surface area contributed by atoms with E-state index in [-0.39, 0.29) is 12.8 Å². The number of nitrogens with zero attached hydrogens (tertiary/aromatic N) is 1. The first-order chi connectivity index (χ1) is 12.6. The Morgan fingerprint density at radius 1 is 1.07 bits per heavy atom. The molecule has 2 heteroatoms. The van der Waals surface area contributed by atoms with E-state index < -0.39 is 0 Å². The van der Waals surface area contributed by atoms with Crippen molar-refractivity contribution in [3.8, 4) is 6.07 Å². The van der Waals surface area contributed by atoms with Gasteiger partial charge in [0.2, 0.25) is 0 Å². The van der Waals surface area contributed by atoms with Gasteiger partial charge in [0, 0.05) is 6.42 Å². The van der Waals surface area contributed by atoms with Crippen LogP contribution >= 0.6 is 0 Å². The maximum Gasteiger partial charge on any atom is 0.155 e. The fraction of sp³-hybridized carbons (Fsp3) is 0.840. The first-order valence-corrected chi connectivity index (χ1v) is 11.2. The summed E-state index contributed by atoms with van der Waals surface area (Å²) in [7, 11) is 0. The first-order valence-electron chi connectivity index (χ1n) is 11.2. The monoisotopic (exact) mass is 367 g/mol. The van der Waals surface area contributed by atoms with Crippen LogP contribution in [0.3, 0.4) is 0 Å². The first kappa shape index (κ1) is 19.2. The quantitative estimate of drug-likeness (QED) is 0.513. The Labute approximate surface area is 165 Å². The molecule has 2 nitrogen and oxygen atoms in total. The number of nitriles is 1. The van der Waals surface area contributed by atoms with Crippen LogP contribution in [0, 0.1) is 64.1 Å². The molecule has 0 aromatic rings. The summed E-state index contributed by atoms with van der Waals surface area (Å²) in [4.78, 5) is 11.8. The third kappa shape index (κ3) is 2.83. The van der Waals surface area contributed by atoms with Crippen LogP contribution in [-0.2, 0) is 4.79 Å². The second-order valence-electron chi connectivity index (χ2n) is 10.4. The number of carbonyl (C=O) groups is 1. The van der Waals surface area contributed by atoms with Crippen molar-refractivity contribution in [1.82, 2.24) is 0 Å². The number of fused-ring (bicyclic) bond motifs is 7. The molecule has 0 heterocycles. The molecule has 0 spiro atoms. The predicted molar refractivity (Wildman–Crippen MR) is 109 cm³/mol. The maximum absolute atomic E-state index is 11.8. The fourth-order valence-electron chi connectivity index (χ4n) is 7.84. The molecule has 6 aliphatic rings. The van der Waals surface area contributed by atoms with Crippen molar-refractivity contribution in [2.45, 2.75) is 79.1 Å². The molecule has 6 rings (SSSR count). The Bertz CT molecular complexity index is 682. The van der Waals surface area contributed by atoms with Crippen LogP contribution in [0.25, 0.3) is 0 Å². The van der Waals surface area contributed by atoms with E-state index in [2.05, 4.69) is 19.9 Å². The van der Waals surface area contributed by atoms with Gasteiger partial charge in [0.05, 0.1) is 12.0 Å². The lowest BCUT2D eigenvalue weighted by Crippen LogP contribution is -2.48. The van der Waals surface area contributed by atoms with Gasteiger partial charge in [-0.05, 0) is 85.0 Å². The normalized spacial score (nSPS) is 50.9. The lowest BCUT2D eigenvalue weighted by Gasteiger charge is -2.54. The van der Waals surface area contributed by atoms with Gasteiger partial charge >= 0.3 is 0 Å². The molecule has 0 aromatic carbocycles. The molecule has 0 saturated heterocycles. The Morgan fingerprint density at radius 2 is 1.81 bits per heavy atom. The molecule has 5 saturated carbocycles. The van der Waals surface area contributed by atoms with Crippen LogP contribution in [0.1, 0.15) is 79.1 Å². The van der Waals surface area contributed by atoms with Gasteiger partial charge in [0.15, 0.2) is 5.78 Å². The largest absolute Gasteiger partial charge is 0.295 e. The Hall–Kier alpha value is -1.10. The standard InChI is InChI=1S/C21H27NO.C3H6.CH4/c1-11-18-17(10-22)21(2)8-7-15-14-6-4-13(23)9-12(14)3-5-16(15)20(21)19(11)18;1-2-3-1;/h9,11,14-20H,3-8H2,1-2H3;1-3H2;1H4. The van der Waals surface area contributed by atoms with E-state index in [9.17, 15) is 10.1 Å². The van der Waals surface area contributed by atoms with E-state index in [0.717, 1.165) is 48.9 Å². The lowest BCUT2D eigenvalue weighted by atomic mass is 9.49. The van der Waals surface area contributed by atoms with E-state index >= 15 is 0 Å². The highest BCUT2D eigenvalue weighted by Crippen LogP contribution is 2.76. The third-order valence-electron chi connectivity index (χ3n) is 9.12. The highest BCUT2D eigenvalue weighted by atomic mass is 16.1. The number of hydrogen-bond acceptors (Lipinski definition) is 2. The van der Waals surface area contributed by atoms with Crippen LogP contribution in [0.4, 0.5) is 0 Å². The summed E-state index contributed by atoms with van der Waals surface area (Å²) in [6, 6.07) is 2.73. The van der Waals surface area contributed by atoms with Crippen molar-refractivity contribution < 1.29 is 4.79 Å². The van der Waals surface area contributed by atoms with Crippen molar-refractivity contribution in [2.75, 3.05) is 0 Å². The maximum atomic E-state index is 11.8. The van der Waals surface area contributed by atoms with Gasteiger partial charge in [-0.25, -0.2) is 0 Å². The predicted octanol–water partition coefficient (Wildman–Crippen LogP) is 6.18. The number of hydrogen-bond donors (Lipinski definition) is 0. The Balaban J connectivity index is 0.000000412. The summed E-state index contributed by atoms with van der Waals surface area (Å²) in [5, 5.41) is 9.80. The van der Waals surface area contributed by atoms with Gasteiger partial charge in [-0.15, -0.1) is 0 Å². The molecule has 148 valence electrons. The van der Waals surface area contributed by atoms with E-state index in [1.807, 2.05) is 6.08 Å². The van der Waals surface area contributed by atoms with Crippen molar-refractivity contribution in [1.29, 1.82) is 5.26 Å². The topological polar surface area (TPSA) is 40.9 Å². The molecule has 0 aliphatic heterocycles. The molecule has 0 amide bonds. The molecule has 27 heavy (non-hydrogen) atoms. The van der Waals surface area contributed by atoms with E-state index in [0.29, 0.717) is 23.5 Å². The van der Waals surface area contributed by atoms with Crippen molar-refractivity contribution >= 4 is 5.78 Å². The molecule has 0 aromatic heterocycles. The van der Waals surface area contributed by atoms with Crippen LogP contribution in [-0.4, -0.2) is 5.78 Å². The van der Waals surface area contributed by atoms with Gasteiger partial charge in [-0.2, -0.15) is 5.26 Å². The molecule has 0 radical (unpaired) electrons. The molecule has 9 unspecified atom stereocenters. The summed E-state index contributed by atoms with van der Waals surface area (Å²) in [5.74, 6) is 6.05. The minimum Gasteiger partial charge on any atom is -0.295 e. The van der Waals surface area contributed by atoms with Gasteiger partial charge in [0.1, 0.15) is 0 Å². The molecule has 5 fully saturated rings. The van der Waals surface area contributed by atoms with Crippen LogP contribution < -0.4 is 0 Å². The van der Waals surface area contributed by atoms with Crippen LogP contribution in [0.2, 0.25) is 0 Å². The highest BCUT2D eigenvalue weighted by molar-refractivity contribution is 5.91. The lowest BCUT2D eigenvalue weighted by molar-refractivity contribution is -0.116. The van der Waals surface area contributed by atoms with Gasteiger partial charge in [0.25, 0.3) is 0 Å². The minimum atomic E-state index is 0. The molecule has 0 N–H and O–H groups in total. The van der Waals surface area contributed by atoms with Gasteiger partial charge in [-0.1, -0.05) is 46.1 Å². The summed E-state index contributed by atoms with van der Waals surface area (Å²) < 4.78 is 0. The van der Waals surface area contributed by atoms with E-state index in [1.54, 1.807) is 0 Å². The Kier molecular flexibility index (Phi) is 4.81. The van der Waals surface area contributed by atoms with Gasteiger partial charge in [-0.3, -0.25) is 4.79 Å². The highest BCUT2D eigenvalue weighted by Gasteiger charge is 2.72. The smallest absolute Gasteiger partial charge is 0.155 e. The van der Waals surface area contributed by atoms with Crippen LogP contribution in [0.5, 0.6) is 0 Å². The second-order valence-corrected chi connectivity index (χ2v) is 10.4. The SMILES string of the molecule is C.C1CC1.CC1C2C1C1C3CCC4=CC(=O)CCC4C3CCC1(C)C2C#N. The van der Waals surface area contributed by atoms with E-state index in [4.69, 9.17) is 0 Å². The summed E-state index contributed by atoms with van der Waals surface area (Å²) in [5.41, 5.74) is 1.75. The number of carbonyl (C=O) groups excluding carboxylic acids is 1.